The summed E-state index contributed by atoms with van der Waals surface area (Å²) < 4.78 is 6.40. The lowest BCUT2D eigenvalue weighted by atomic mass is 9.94. The van der Waals surface area contributed by atoms with E-state index in [1.54, 1.807) is 13.3 Å². The second kappa shape index (κ2) is 5.05. The molecule has 0 aliphatic heterocycles. The molecule has 15 heavy (non-hydrogen) atoms. The van der Waals surface area contributed by atoms with E-state index < -0.39 is 0 Å². The van der Waals surface area contributed by atoms with Gasteiger partial charge in [0.2, 0.25) is 0 Å². The minimum absolute atomic E-state index is 0.0284. The van der Waals surface area contributed by atoms with Gasteiger partial charge in [0.1, 0.15) is 0 Å². The number of nitrogens with zero attached hydrogens (tertiary/aromatic N) is 1. The Kier molecular flexibility index (Phi) is 4.25. The highest BCUT2D eigenvalue weighted by molar-refractivity contribution is 9.10. The molecule has 0 spiro atoms. The second-order valence-electron chi connectivity index (χ2n) is 4.22. The Morgan fingerprint density at radius 2 is 2.27 bits per heavy atom. The van der Waals surface area contributed by atoms with E-state index in [9.17, 15) is 0 Å². The molecule has 4 heteroatoms. The average molecular weight is 273 g/mol. The van der Waals surface area contributed by atoms with E-state index in [2.05, 4.69) is 20.9 Å². The lowest BCUT2D eigenvalue weighted by molar-refractivity contribution is 0.0491. The van der Waals surface area contributed by atoms with Gasteiger partial charge in [0.25, 0.3) is 0 Å². The quantitative estimate of drug-likeness (QED) is 0.914. The van der Waals surface area contributed by atoms with Crippen molar-refractivity contribution in [3.63, 3.8) is 0 Å². The van der Waals surface area contributed by atoms with Crippen molar-refractivity contribution in [2.75, 3.05) is 7.11 Å². The van der Waals surface area contributed by atoms with Gasteiger partial charge in [0.15, 0.2) is 0 Å². The summed E-state index contributed by atoms with van der Waals surface area (Å²) in [5, 5.41) is 0. The maximum Gasteiger partial charge on any atom is 0.0800 e. The van der Waals surface area contributed by atoms with Crippen LogP contribution in [0.3, 0.4) is 0 Å². The van der Waals surface area contributed by atoms with Gasteiger partial charge in [-0.05, 0) is 26.0 Å². The maximum absolute atomic E-state index is 6.01. The SMILES string of the molecule is COC(Cc1cc(Br)ccn1)C(C)(C)N. The number of pyridine rings is 1. The number of aromatic nitrogens is 1. The number of methoxy groups -OCH3 is 1. The zero-order chi connectivity index (χ0) is 11.5. The van der Waals surface area contributed by atoms with Crippen LogP contribution in [0, 0.1) is 0 Å². The molecule has 0 amide bonds. The third-order valence-electron chi connectivity index (χ3n) is 2.29. The first-order chi connectivity index (χ1) is 6.93. The van der Waals surface area contributed by atoms with E-state index in [-0.39, 0.29) is 11.6 Å². The third kappa shape index (κ3) is 3.89. The van der Waals surface area contributed by atoms with Gasteiger partial charge in [-0.15, -0.1) is 0 Å². The Hall–Kier alpha value is -0.450. The number of rotatable bonds is 4. The zero-order valence-electron chi connectivity index (χ0n) is 9.33. The summed E-state index contributed by atoms with van der Waals surface area (Å²) in [4.78, 5) is 4.28. The molecule has 1 heterocycles. The van der Waals surface area contributed by atoms with Gasteiger partial charge in [0.05, 0.1) is 6.10 Å². The molecular weight excluding hydrogens is 256 g/mol. The van der Waals surface area contributed by atoms with Crippen LogP contribution in [0.4, 0.5) is 0 Å². The van der Waals surface area contributed by atoms with Gasteiger partial charge in [-0.1, -0.05) is 15.9 Å². The first-order valence-electron chi connectivity index (χ1n) is 4.85. The van der Waals surface area contributed by atoms with E-state index in [0.29, 0.717) is 0 Å². The van der Waals surface area contributed by atoms with Crippen molar-refractivity contribution in [3.05, 3.63) is 28.5 Å². The molecule has 1 aromatic rings. The minimum atomic E-state index is -0.362. The second-order valence-corrected chi connectivity index (χ2v) is 5.13. The van der Waals surface area contributed by atoms with Gasteiger partial charge in [-0.2, -0.15) is 0 Å². The summed E-state index contributed by atoms with van der Waals surface area (Å²) in [6, 6.07) is 3.89. The largest absolute Gasteiger partial charge is 0.379 e. The lowest BCUT2D eigenvalue weighted by Crippen LogP contribution is -2.47. The van der Waals surface area contributed by atoms with Crippen LogP contribution in [0.25, 0.3) is 0 Å². The van der Waals surface area contributed by atoms with E-state index in [4.69, 9.17) is 10.5 Å². The molecule has 2 N–H and O–H groups in total. The topological polar surface area (TPSA) is 48.1 Å². The summed E-state index contributed by atoms with van der Waals surface area (Å²) in [7, 11) is 1.68. The Bertz CT molecular complexity index is 323. The van der Waals surface area contributed by atoms with Crippen LogP contribution >= 0.6 is 15.9 Å². The Labute approximate surface area is 99.2 Å². The molecule has 3 nitrogen and oxygen atoms in total. The van der Waals surface area contributed by atoms with Gasteiger partial charge in [-0.25, -0.2) is 0 Å². The summed E-state index contributed by atoms with van der Waals surface area (Å²) in [5.41, 5.74) is 6.63. The fraction of sp³-hybridized carbons (Fsp3) is 0.545. The first-order valence-corrected chi connectivity index (χ1v) is 5.65. The predicted octanol–water partition coefficient (Wildman–Crippen LogP) is 2.14. The van der Waals surface area contributed by atoms with Gasteiger partial charge < -0.3 is 10.5 Å². The molecule has 0 aliphatic carbocycles. The van der Waals surface area contributed by atoms with Crippen LogP contribution in [0.15, 0.2) is 22.8 Å². The molecule has 0 aliphatic rings. The minimum Gasteiger partial charge on any atom is -0.379 e. The van der Waals surface area contributed by atoms with E-state index in [1.807, 2.05) is 26.0 Å². The molecule has 0 radical (unpaired) electrons. The summed E-state index contributed by atoms with van der Waals surface area (Å²) in [6.45, 7) is 3.91. The zero-order valence-corrected chi connectivity index (χ0v) is 10.9. The Morgan fingerprint density at radius 1 is 1.60 bits per heavy atom. The maximum atomic E-state index is 6.01. The number of nitrogens with two attached hydrogens (primary N) is 1. The predicted molar refractivity (Wildman–Crippen MR) is 64.7 cm³/mol. The van der Waals surface area contributed by atoms with E-state index in [0.717, 1.165) is 16.6 Å². The Morgan fingerprint density at radius 3 is 2.73 bits per heavy atom. The highest BCUT2D eigenvalue weighted by Gasteiger charge is 2.25. The molecule has 0 saturated carbocycles. The van der Waals surface area contributed by atoms with Crippen molar-refractivity contribution in [3.8, 4) is 0 Å². The first kappa shape index (κ1) is 12.6. The molecule has 1 atom stereocenters. The fourth-order valence-electron chi connectivity index (χ4n) is 1.40. The smallest absolute Gasteiger partial charge is 0.0800 e. The average Bonchev–Trinajstić information content (AvgIpc) is 2.12. The van der Waals surface area contributed by atoms with Crippen molar-refractivity contribution in [2.24, 2.45) is 5.73 Å². The molecule has 1 rings (SSSR count). The number of hydrogen-bond acceptors (Lipinski definition) is 3. The van der Waals surface area contributed by atoms with E-state index in [1.165, 1.54) is 0 Å². The van der Waals surface area contributed by atoms with Crippen LogP contribution in [-0.4, -0.2) is 23.7 Å². The van der Waals surface area contributed by atoms with Crippen molar-refractivity contribution >= 4 is 15.9 Å². The normalized spacial score (nSPS) is 13.9. The molecule has 84 valence electrons. The van der Waals surface area contributed by atoms with Crippen molar-refractivity contribution in [1.82, 2.24) is 4.98 Å². The summed E-state index contributed by atoms with van der Waals surface area (Å²) >= 11 is 3.41. The number of ether oxygens (including phenoxy) is 1. The number of hydrogen-bond donors (Lipinski definition) is 1. The highest BCUT2D eigenvalue weighted by Crippen LogP contribution is 2.16. The standard InChI is InChI=1S/C11H17BrN2O/c1-11(2,13)10(15-3)7-9-6-8(12)4-5-14-9/h4-6,10H,7,13H2,1-3H3. The molecule has 0 aromatic carbocycles. The molecule has 0 bridgehead atoms. The number of halogens is 1. The monoisotopic (exact) mass is 272 g/mol. The van der Waals surface area contributed by atoms with Crippen molar-refractivity contribution < 1.29 is 4.74 Å². The Balaban J connectivity index is 2.76. The van der Waals surface area contributed by atoms with Crippen LogP contribution in [0.2, 0.25) is 0 Å². The molecular formula is C11H17BrN2O. The van der Waals surface area contributed by atoms with Gasteiger partial charge in [-0.3, -0.25) is 4.98 Å². The summed E-state index contributed by atoms with van der Waals surface area (Å²) in [5.74, 6) is 0. The van der Waals surface area contributed by atoms with Gasteiger partial charge >= 0.3 is 0 Å². The van der Waals surface area contributed by atoms with E-state index >= 15 is 0 Å². The van der Waals surface area contributed by atoms with Gasteiger partial charge in [0, 0.05) is 35.4 Å². The van der Waals surface area contributed by atoms with Crippen LogP contribution in [-0.2, 0) is 11.2 Å². The van der Waals surface area contributed by atoms with Crippen molar-refractivity contribution in [2.45, 2.75) is 31.9 Å². The van der Waals surface area contributed by atoms with Crippen molar-refractivity contribution in [1.29, 1.82) is 0 Å². The third-order valence-corrected chi connectivity index (χ3v) is 2.78. The van der Waals surface area contributed by atoms with Crippen LogP contribution in [0.1, 0.15) is 19.5 Å². The molecule has 1 unspecified atom stereocenters. The molecule has 0 saturated heterocycles. The molecule has 0 fully saturated rings. The van der Waals surface area contributed by atoms with Crippen LogP contribution < -0.4 is 5.73 Å². The molecule has 1 aromatic heterocycles. The van der Waals surface area contributed by atoms with Crippen LogP contribution in [0.5, 0.6) is 0 Å². The summed E-state index contributed by atoms with van der Waals surface area (Å²) in [6.07, 6.45) is 2.47. The lowest BCUT2D eigenvalue weighted by Gasteiger charge is -2.29. The highest BCUT2D eigenvalue weighted by atomic mass is 79.9. The fourth-order valence-corrected chi connectivity index (χ4v) is 1.78.